The second-order valence-electron chi connectivity index (χ2n) is 7.92. The van der Waals surface area contributed by atoms with E-state index in [4.69, 9.17) is 9.47 Å². The lowest BCUT2D eigenvalue weighted by atomic mass is 9.81. The Labute approximate surface area is 176 Å². The van der Waals surface area contributed by atoms with Gasteiger partial charge in [-0.15, -0.1) is 0 Å². The van der Waals surface area contributed by atoms with Crippen LogP contribution in [-0.2, 0) is 19.5 Å². The van der Waals surface area contributed by atoms with Crippen LogP contribution in [0.4, 0.5) is 0 Å². The highest BCUT2D eigenvalue weighted by Crippen LogP contribution is 2.45. The highest BCUT2D eigenvalue weighted by Gasteiger charge is 2.50. The van der Waals surface area contributed by atoms with E-state index in [0.29, 0.717) is 25.3 Å². The summed E-state index contributed by atoms with van der Waals surface area (Å²) in [5.74, 6) is -0.648. The van der Waals surface area contributed by atoms with Crippen molar-refractivity contribution in [1.82, 2.24) is 9.29 Å². The Morgan fingerprint density at radius 3 is 2.50 bits per heavy atom. The highest BCUT2D eigenvalue weighted by atomic mass is 32.2. The van der Waals surface area contributed by atoms with Crippen molar-refractivity contribution in [1.29, 1.82) is 0 Å². The van der Waals surface area contributed by atoms with Gasteiger partial charge in [0.25, 0.3) is 10.0 Å². The van der Waals surface area contributed by atoms with E-state index < -0.39 is 15.8 Å². The maximum absolute atomic E-state index is 13.8. The molecule has 2 saturated heterocycles. The van der Waals surface area contributed by atoms with Crippen LogP contribution in [0.5, 0.6) is 0 Å². The molecule has 2 aliphatic heterocycles. The number of nitrogens with one attached hydrogen (secondary N) is 1. The van der Waals surface area contributed by atoms with Crippen molar-refractivity contribution in [2.24, 2.45) is 5.92 Å². The molecular weight excluding hydrogens is 400 g/mol. The lowest BCUT2D eigenvalue weighted by Crippen LogP contribution is -2.53. The molecule has 7 heteroatoms. The Balaban J connectivity index is 1.71. The summed E-state index contributed by atoms with van der Waals surface area (Å²) in [6, 6.07) is 18.0. The first-order valence-electron chi connectivity index (χ1n) is 10.5. The molecule has 3 aromatic rings. The molecule has 1 N–H and O–H groups in total. The lowest BCUT2D eigenvalue weighted by molar-refractivity contribution is -0.219. The molecule has 30 heavy (non-hydrogen) atoms. The van der Waals surface area contributed by atoms with Crippen molar-refractivity contribution in [2.45, 2.75) is 36.5 Å². The predicted molar refractivity (Wildman–Crippen MR) is 115 cm³/mol. The number of benzene rings is 2. The first-order valence-corrected chi connectivity index (χ1v) is 11.9. The lowest BCUT2D eigenvalue weighted by Gasteiger charge is -2.44. The number of rotatable bonds is 4. The van der Waals surface area contributed by atoms with Crippen LogP contribution in [0.15, 0.2) is 65.6 Å². The van der Waals surface area contributed by atoms with E-state index in [1.807, 2.05) is 36.4 Å². The fraction of sp³-hybridized carbons (Fsp3) is 0.391. The van der Waals surface area contributed by atoms with E-state index in [1.54, 1.807) is 24.3 Å². The average molecular weight is 427 g/mol. The predicted octanol–water partition coefficient (Wildman–Crippen LogP) is 3.68. The molecule has 0 radical (unpaired) electrons. The van der Waals surface area contributed by atoms with Gasteiger partial charge in [0.1, 0.15) is 0 Å². The van der Waals surface area contributed by atoms with Gasteiger partial charge >= 0.3 is 0 Å². The summed E-state index contributed by atoms with van der Waals surface area (Å²) in [5, 5.41) is 4.47. The fourth-order valence-corrected chi connectivity index (χ4v) is 6.58. The van der Waals surface area contributed by atoms with Gasteiger partial charge in [0.05, 0.1) is 35.4 Å². The Hall–Kier alpha value is -2.19. The Morgan fingerprint density at radius 2 is 1.77 bits per heavy atom. The standard InChI is InChI=1S/C23H26N2O4S/c1-2-19-22(24-13-12-23(19)28-14-15-29-23)21-16-17-8-6-7-11-20(17)25(21)30(26,27)18-9-4-3-5-10-18/h3-11,16,19,22,24H,2,12-15H2,1H3/t19-,22+/m1/s1. The number of nitrogens with zero attached hydrogens (tertiary/aromatic N) is 1. The molecule has 0 aliphatic carbocycles. The molecule has 0 saturated carbocycles. The monoisotopic (exact) mass is 426 g/mol. The van der Waals surface area contributed by atoms with Gasteiger partial charge in [-0.25, -0.2) is 12.4 Å². The van der Waals surface area contributed by atoms with Gasteiger partial charge < -0.3 is 14.8 Å². The summed E-state index contributed by atoms with van der Waals surface area (Å²) in [5.41, 5.74) is 1.41. The summed E-state index contributed by atoms with van der Waals surface area (Å²) in [7, 11) is -3.77. The van der Waals surface area contributed by atoms with Crippen molar-refractivity contribution in [3.05, 3.63) is 66.4 Å². The summed E-state index contributed by atoms with van der Waals surface area (Å²) < 4.78 is 41.2. The molecule has 6 nitrogen and oxygen atoms in total. The third kappa shape index (κ3) is 3.00. The van der Waals surface area contributed by atoms with Crippen LogP contribution in [-0.4, -0.2) is 37.9 Å². The molecular formula is C23H26N2O4S. The first kappa shape index (κ1) is 19.8. The maximum Gasteiger partial charge on any atom is 0.268 e. The third-order valence-corrected chi connectivity index (χ3v) is 8.07. The van der Waals surface area contributed by atoms with Crippen molar-refractivity contribution in [2.75, 3.05) is 19.8 Å². The van der Waals surface area contributed by atoms with Gasteiger partial charge in [0.2, 0.25) is 0 Å². The van der Waals surface area contributed by atoms with Gasteiger partial charge in [-0.2, -0.15) is 0 Å². The van der Waals surface area contributed by atoms with Crippen LogP contribution in [0.25, 0.3) is 10.9 Å². The van der Waals surface area contributed by atoms with E-state index in [2.05, 4.69) is 12.2 Å². The Bertz CT molecular complexity index is 1150. The van der Waals surface area contributed by atoms with Crippen LogP contribution in [0.2, 0.25) is 0 Å². The number of hydrogen-bond donors (Lipinski definition) is 1. The van der Waals surface area contributed by atoms with Crippen molar-refractivity contribution in [3.63, 3.8) is 0 Å². The second kappa shape index (κ2) is 7.50. The smallest absolute Gasteiger partial charge is 0.268 e. The number of aromatic nitrogens is 1. The summed E-state index contributed by atoms with van der Waals surface area (Å²) >= 11 is 0. The minimum absolute atomic E-state index is 0.00258. The quantitative estimate of drug-likeness (QED) is 0.689. The topological polar surface area (TPSA) is 69.6 Å². The van der Waals surface area contributed by atoms with Gasteiger partial charge in [-0.3, -0.25) is 0 Å². The fourth-order valence-electron chi connectivity index (χ4n) is 5.00. The SMILES string of the molecule is CC[C@@H]1[C@@H](c2cc3ccccc3n2S(=O)(=O)c2ccccc2)NCCC12OCCO2. The number of para-hydroxylation sites is 1. The van der Waals surface area contributed by atoms with Crippen molar-refractivity contribution in [3.8, 4) is 0 Å². The Kier molecular flexibility index (Phi) is 4.94. The molecule has 2 atom stereocenters. The maximum atomic E-state index is 13.8. The largest absolute Gasteiger partial charge is 0.347 e. The zero-order chi connectivity index (χ0) is 20.8. The van der Waals surface area contributed by atoms with E-state index in [0.717, 1.165) is 23.9 Å². The normalized spacial score (nSPS) is 23.9. The zero-order valence-electron chi connectivity index (χ0n) is 17.0. The minimum atomic E-state index is -3.77. The molecule has 3 heterocycles. The number of fused-ring (bicyclic) bond motifs is 1. The van der Waals surface area contributed by atoms with Crippen LogP contribution in [0, 0.1) is 5.92 Å². The summed E-state index contributed by atoms with van der Waals surface area (Å²) in [6.07, 6.45) is 1.57. The molecule has 0 unspecified atom stereocenters. The van der Waals surface area contributed by atoms with E-state index in [1.165, 1.54) is 3.97 Å². The van der Waals surface area contributed by atoms with Gasteiger partial charge in [-0.05, 0) is 30.7 Å². The van der Waals surface area contributed by atoms with Crippen molar-refractivity contribution < 1.29 is 17.9 Å². The molecule has 2 aromatic carbocycles. The van der Waals surface area contributed by atoms with Gasteiger partial charge in [0.15, 0.2) is 5.79 Å². The number of hydrogen-bond acceptors (Lipinski definition) is 5. The molecule has 2 fully saturated rings. The van der Waals surface area contributed by atoms with E-state index in [-0.39, 0.29) is 16.9 Å². The van der Waals surface area contributed by atoms with Crippen molar-refractivity contribution >= 4 is 20.9 Å². The number of piperidine rings is 1. The first-order chi connectivity index (χ1) is 14.6. The van der Waals surface area contributed by atoms with Gasteiger partial charge in [0, 0.05) is 24.3 Å². The third-order valence-electron chi connectivity index (χ3n) is 6.31. The highest BCUT2D eigenvalue weighted by molar-refractivity contribution is 7.90. The van der Waals surface area contributed by atoms with Crippen LogP contribution in [0.1, 0.15) is 31.5 Å². The molecule has 158 valence electrons. The van der Waals surface area contributed by atoms with E-state index >= 15 is 0 Å². The zero-order valence-corrected chi connectivity index (χ0v) is 17.8. The molecule has 5 rings (SSSR count). The van der Waals surface area contributed by atoms with Gasteiger partial charge in [-0.1, -0.05) is 43.3 Å². The van der Waals surface area contributed by atoms with Crippen LogP contribution >= 0.6 is 0 Å². The Morgan fingerprint density at radius 1 is 1.07 bits per heavy atom. The summed E-state index contributed by atoms with van der Waals surface area (Å²) in [6.45, 7) is 3.97. The molecule has 0 bridgehead atoms. The molecule has 1 spiro atoms. The second-order valence-corrected chi connectivity index (χ2v) is 9.70. The van der Waals surface area contributed by atoms with Crippen LogP contribution < -0.4 is 5.32 Å². The number of ether oxygens (including phenoxy) is 2. The average Bonchev–Trinajstić information content (AvgIpc) is 3.39. The van der Waals surface area contributed by atoms with E-state index in [9.17, 15) is 8.42 Å². The molecule has 0 amide bonds. The molecule has 1 aromatic heterocycles. The molecule has 2 aliphatic rings. The van der Waals surface area contributed by atoms with Crippen LogP contribution in [0.3, 0.4) is 0 Å². The summed E-state index contributed by atoms with van der Waals surface area (Å²) in [4.78, 5) is 0.277. The minimum Gasteiger partial charge on any atom is -0.347 e.